The molecule has 1 spiro atoms. The van der Waals surface area contributed by atoms with Crippen LogP contribution in [0.4, 0.5) is 0 Å². The molecule has 0 aromatic rings. The van der Waals surface area contributed by atoms with Gasteiger partial charge in [0, 0.05) is 24.3 Å². The molecular weight excluding hydrogens is 218 g/mol. The van der Waals surface area contributed by atoms with Crippen LogP contribution in [0, 0.1) is 0 Å². The molecule has 1 aliphatic carbocycles. The minimum absolute atomic E-state index is 0. The van der Waals surface area contributed by atoms with Crippen molar-refractivity contribution in [1.82, 2.24) is 5.32 Å². The molecule has 0 amide bonds. The lowest BCUT2D eigenvalue weighted by atomic mass is 9.96. The minimum atomic E-state index is 0. The third kappa shape index (κ3) is 2.65. The van der Waals surface area contributed by atoms with Gasteiger partial charge < -0.3 is 5.32 Å². The summed E-state index contributed by atoms with van der Waals surface area (Å²) in [5, 5.41) is 4.42. The van der Waals surface area contributed by atoms with Crippen LogP contribution in [0.15, 0.2) is 0 Å². The van der Waals surface area contributed by atoms with Gasteiger partial charge in [0.05, 0.1) is 0 Å². The fraction of sp³-hybridized carbons (Fsp3) is 0.900. The second-order valence-electron chi connectivity index (χ2n) is 4.30. The van der Waals surface area contributed by atoms with Crippen molar-refractivity contribution >= 4 is 29.3 Å². The van der Waals surface area contributed by atoms with Crippen molar-refractivity contribution in [3.8, 4) is 0 Å². The summed E-state index contributed by atoms with van der Waals surface area (Å²) in [4.78, 5) is 10.9. The molecule has 2 fully saturated rings. The topological polar surface area (TPSA) is 29.1 Å². The van der Waals surface area contributed by atoms with Gasteiger partial charge in [-0.05, 0) is 19.3 Å². The van der Waals surface area contributed by atoms with Crippen LogP contribution in [0.2, 0.25) is 0 Å². The first-order valence-corrected chi connectivity index (χ1v) is 6.00. The van der Waals surface area contributed by atoms with Crippen molar-refractivity contribution in [3.05, 3.63) is 0 Å². The van der Waals surface area contributed by atoms with Crippen LogP contribution in [-0.2, 0) is 4.79 Å². The number of nitrogens with one attached hydrogen (secondary N) is 1. The van der Waals surface area contributed by atoms with E-state index >= 15 is 0 Å². The van der Waals surface area contributed by atoms with Crippen LogP contribution in [0.5, 0.6) is 0 Å². The van der Waals surface area contributed by atoms with E-state index in [1.165, 1.54) is 43.9 Å². The second-order valence-corrected chi connectivity index (χ2v) is 5.78. The molecule has 0 aromatic heterocycles. The summed E-state index contributed by atoms with van der Waals surface area (Å²) in [6.45, 7) is 2.70. The Morgan fingerprint density at radius 1 is 1.43 bits per heavy atom. The summed E-state index contributed by atoms with van der Waals surface area (Å²) in [5.74, 6) is 0. The largest absolute Gasteiger partial charge is 0.310 e. The SMILES string of the molecule is CC(=O)SC1CNC2(CCCC2)C1.Cl. The Kier molecular flexibility index (Phi) is 4.29. The van der Waals surface area contributed by atoms with Gasteiger partial charge in [-0.15, -0.1) is 12.4 Å². The number of rotatable bonds is 1. The molecule has 82 valence electrons. The number of thioether (sulfide) groups is 1. The summed E-state index contributed by atoms with van der Waals surface area (Å²) in [7, 11) is 0. The van der Waals surface area contributed by atoms with Crippen LogP contribution in [0.3, 0.4) is 0 Å². The molecule has 2 rings (SSSR count). The summed E-state index contributed by atoms with van der Waals surface area (Å²) in [6, 6.07) is 0. The first kappa shape index (κ1) is 12.3. The van der Waals surface area contributed by atoms with Crippen LogP contribution < -0.4 is 5.32 Å². The Labute approximate surface area is 96.0 Å². The lowest BCUT2D eigenvalue weighted by molar-refractivity contribution is -0.109. The van der Waals surface area contributed by atoms with Crippen molar-refractivity contribution in [2.24, 2.45) is 0 Å². The van der Waals surface area contributed by atoms with Gasteiger partial charge in [0.15, 0.2) is 5.12 Å². The van der Waals surface area contributed by atoms with Gasteiger partial charge in [0.2, 0.25) is 0 Å². The predicted octanol–water partition coefficient (Wildman–Crippen LogP) is 2.36. The number of carbonyl (C=O) groups excluding carboxylic acids is 1. The van der Waals surface area contributed by atoms with Crippen molar-refractivity contribution in [3.63, 3.8) is 0 Å². The fourth-order valence-corrected chi connectivity index (χ4v) is 3.70. The summed E-state index contributed by atoms with van der Waals surface area (Å²) in [5.41, 5.74) is 0.424. The van der Waals surface area contributed by atoms with E-state index < -0.39 is 0 Å². The lowest BCUT2D eigenvalue weighted by Gasteiger charge is -2.22. The summed E-state index contributed by atoms with van der Waals surface area (Å²) in [6.07, 6.45) is 6.58. The van der Waals surface area contributed by atoms with E-state index in [1.54, 1.807) is 6.92 Å². The Bertz CT molecular complexity index is 216. The molecule has 1 saturated carbocycles. The molecule has 14 heavy (non-hydrogen) atoms. The molecule has 2 nitrogen and oxygen atoms in total. The van der Waals surface area contributed by atoms with Crippen LogP contribution >= 0.6 is 24.2 Å². The Morgan fingerprint density at radius 3 is 2.64 bits per heavy atom. The molecule has 2 aliphatic rings. The Morgan fingerprint density at radius 2 is 2.07 bits per heavy atom. The minimum Gasteiger partial charge on any atom is -0.310 e. The van der Waals surface area contributed by atoms with E-state index in [0.29, 0.717) is 10.8 Å². The summed E-state index contributed by atoms with van der Waals surface area (Å²) < 4.78 is 0. The number of halogens is 1. The first-order chi connectivity index (χ1) is 6.20. The quantitative estimate of drug-likeness (QED) is 0.757. The standard InChI is InChI=1S/C10H17NOS.ClH/c1-8(12)13-9-6-10(11-7-9)4-2-3-5-10;/h9,11H,2-7H2,1H3;1H. The highest BCUT2D eigenvalue weighted by Crippen LogP contribution is 2.39. The van der Waals surface area contributed by atoms with Gasteiger partial charge in [-0.2, -0.15) is 0 Å². The zero-order valence-electron chi connectivity index (χ0n) is 8.54. The molecule has 0 radical (unpaired) electrons. The molecule has 1 heterocycles. The first-order valence-electron chi connectivity index (χ1n) is 5.12. The highest BCUT2D eigenvalue weighted by molar-refractivity contribution is 8.14. The normalized spacial score (nSPS) is 29.1. The van der Waals surface area contributed by atoms with E-state index in [1.807, 2.05) is 0 Å². The van der Waals surface area contributed by atoms with Crippen LogP contribution in [0.1, 0.15) is 39.0 Å². The second kappa shape index (κ2) is 4.86. The zero-order chi connectivity index (χ0) is 9.31. The van der Waals surface area contributed by atoms with Crippen molar-refractivity contribution in [2.45, 2.75) is 49.8 Å². The number of carbonyl (C=O) groups is 1. The van der Waals surface area contributed by atoms with Crippen LogP contribution in [0.25, 0.3) is 0 Å². The zero-order valence-corrected chi connectivity index (χ0v) is 10.2. The van der Waals surface area contributed by atoms with Crippen molar-refractivity contribution < 1.29 is 4.79 Å². The van der Waals surface area contributed by atoms with Gasteiger partial charge in [-0.3, -0.25) is 4.79 Å². The van der Waals surface area contributed by atoms with Gasteiger partial charge in [0.25, 0.3) is 0 Å². The molecule has 1 N–H and O–H groups in total. The number of hydrogen-bond donors (Lipinski definition) is 1. The molecule has 4 heteroatoms. The average Bonchev–Trinajstić information content (AvgIpc) is 2.63. The Hall–Kier alpha value is 0.270. The van der Waals surface area contributed by atoms with Gasteiger partial charge in [-0.25, -0.2) is 0 Å². The monoisotopic (exact) mass is 235 g/mol. The molecule has 0 bridgehead atoms. The summed E-state index contributed by atoms with van der Waals surface area (Å²) >= 11 is 1.52. The van der Waals surface area contributed by atoms with E-state index in [9.17, 15) is 4.79 Å². The van der Waals surface area contributed by atoms with E-state index in [-0.39, 0.29) is 17.5 Å². The Balaban J connectivity index is 0.000000980. The van der Waals surface area contributed by atoms with Crippen LogP contribution in [-0.4, -0.2) is 22.4 Å². The smallest absolute Gasteiger partial charge is 0.186 e. The molecular formula is C10H18ClNOS. The molecule has 0 aromatic carbocycles. The lowest BCUT2D eigenvalue weighted by Crippen LogP contribution is -2.35. The van der Waals surface area contributed by atoms with Crippen molar-refractivity contribution in [2.75, 3.05) is 6.54 Å². The maximum absolute atomic E-state index is 10.9. The molecule has 1 saturated heterocycles. The highest BCUT2D eigenvalue weighted by Gasteiger charge is 2.41. The van der Waals surface area contributed by atoms with E-state index in [2.05, 4.69) is 5.32 Å². The van der Waals surface area contributed by atoms with Gasteiger partial charge in [-0.1, -0.05) is 24.6 Å². The average molecular weight is 236 g/mol. The third-order valence-corrected chi connectivity index (χ3v) is 4.22. The molecule has 1 aliphatic heterocycles. The predicted molar refractivity (Wildman–Crippen MR) is 63.1 cm³/mol. The van der Waals surface area contributed by atoms with Gasteiger partial charge in [0.1, 0.15) is 0 Å². The highest BCUT2D eigenvalue weighted by atomic mass is 35.5. The number of hydrogen-bond acceptors (Lipinski definition) is 3. The molecule has 1 unspecified atom stereocenters. The van der Waals surface area contributed by atoms with Crippen molar-refractivity contribution in [1.29, 1.82) is 0 Å². The van der Waals surface area contributed by atoms with E-state index in [4.69, 9.17) is 0 Å². The molecule has 1 atom stereocenters. The maximum atomic E-state index is 10.9. The fourth-order valence-electron chi connectivity index (χ4n) is 2.66. The maximum Gasteiger partial charge on any atom is 0.186 e. The van der Waals surface area contributed by atoms with E-state index in [0.717, 1.165) is 6.54 Å². The third-order valence-electron chi connectivity index (χ3n) is 3.22. The van der Waals surface area contributed by atoms with Gasteiger partial charge >= 0.3 is 0 Å².